The van der Waals surface area contributed by atoms with Crippen LogP contribution in [0.3, 0.4) is 0 Å². The third-order valence-corrected chi connectivity index (χ3v) is 4.98. The van der Waals surface area contributed by atoms with E-state index in [4.69, 9.17) is 0 Å². The minimum atomic E-state index is -0.0782. The van der Waals surface area contributed by atoms with Gasteiger partial charge >= 0.3 is 0 Å². The first kappa shape index (κ1) is 21.7. The lowest BCUT2D eigenvalue weighted by Crippen LogP contribution is -2.31. The molecular formula is C24H32N2O2. The van der Waals surface area contributed by atoms with E-state index in [2.05, 4.69) is 19.2 Å². The van der Waals surface area contributed by atoms with Gasteiger partial charge in [0.05, 0.1) is 0 Å². The molecular weight excluding hydrogens is 348 g/mol. The van der Waals surface area contributed by atoms with Crippen molar-refractivity contribution in [2.24, 2.45) is 5.92 Å². The number of carbonyl (C=O) groups excluding carboxylic acids is 2. The number of para-hydroxylation sites is 2. The minimum Gasteiger partial charge on any atom is -0.356 e. The van der Waals surface area contributed by atoms with E-state index in [1.54, 1.807) is 4.90 Å². The predicted molar refractivity (Wildman–Crippen MR) is 116 cm³/mol. The average molecular weight is 381 g/mol. The zero-order valence-corrected chi connectivity index (χ0v) is 17.1. The molecule has 1 atom stereocenters. The molecule has 2 aromatic carbocycles. The predicted octanol–water partition coefficient (Wildman–Crippen LogP) is 5.46. The van der Waals surface area contributed by atoms with Gasteiger partial charge < -0.3 is 5.32 Å². The van der Waals surface area contributed by atoms with Crippen LogP contribution in [0.25, 0.3) is 0 Å². The molecule has 0 aliphatic heterocycles. The molecule has 0 aliphatic carbocycles. The smallest absolute Gasteiger partial charge is 0.232 e. The van der Waals surface area contributed by atoms with Crippen LogP contribution in [0.4, 0.5) is 11.4 Å². The number of benzene rings is 2. The van der Waals surface area contributed by atoms with Crippen LogP contribution in [0.5, 0.6) is 0 Å². The van der Waals surface area contributed by atoms with Crippen LogP contribution in [0, 0.1) is 5.92 Å². The van der Waals surface area contributed by atoms with Gasteiger partial charge in [-0.15, -0.1) is 0 Å². The summed E-state index contributed by atoms with van der Waals surface area (Å²) in [5.74, 6) is 0.389. The molecule has 0 saturated carbocycles. The maximum Gasteiger partial charge on any atom is 0.232 e. The van der Waals surface area contributed by atoms with Gasteiger partial charge in [-0.25, -0.2) is 0 Å². The van der Waals surface area contributed by atoms with E-state index in [-0.39, 0.29) is 24.7 Å². The van der Waals surface area contributed by atoms with E-state index < -0.39 is 0 Å². The fourth-order valence-electron chi connectivity index (χ4n) is 3.21. The summed E-state index contributed by atoms with van der Waals surface area (Å²) in [6, 6.07) is 19.1. The topological polar surface area (TPSA) is 49.4 Å². The number of carbonyl (C=O) groups is 2. The quantitative estimate of drug-likeness (QED) is 0.562. The third kappa shape index (κ3) is 6.84. The van der Waals surface area contributed by atoms with Crippen molar-refractivity contribution in [3.05, 3.63) is 60.7 Å². The Bertz CT molecular complexity index is 676. The van der Waals surface area contributed by atoms with Crippen molar-refractivity contribution in [3.8, 4) is 0 Å². The molecule has 0 spiro atoms. The molecule has 2 rings (SSSR count). The Labute approximate surface area is 169 Å². The zero-order valence-electron chi connectivity index (χ0n) is 17.1. The van der Waals surface area contributed by atoms with Crippen LogP contribution in [-0.2, 0) is 9.59 Å². The second-order valence-corrected chi connectivity index (χ2v) is 7.12. The summed E-state index contributed by atoms with van der Waals surface area (Å²) in [5.41, 5.74) is 1.62. The molecule has 2 amide bonds. The molecule has 0 aromatic heterocycles. The summed E-state index contributed by atoms with van der Waals surface area (Å²) in [6.07, 6.45) is 4.96. The first-order chi connectivity index (χ1) is 13.7. The average Bonchev–Trinajstić information content (AvgIpc) is 2.74. The molecule has 1 N–H and O–H groups in total. The summed E-state index contributed by atoms with van der Waals surface area (Å²) in [6.45, 7) is 5.04. The van der Waals surface area contributed by atoms with Crippen molar-refractivity contribution in [2.75, 3.05) is 11.4 Å². The van der Waals surface area contributed by atoms with Gasteiger partial charge in [-0.3, -0.25) is 14.5 Å². The lowest BCUT2D eigenvalue weighted by molar-refractivity contribution is -0.125. The number of anilines is 2. The second-order valence-electron chi connectivity index (χ2n) is 7.12. The Morgan fingerprint density at radius 3 is 1.96 bits per heavy atom. The van der Waals surface area contributed by atoms with Gasteiger partial charge in [0.2, 0.25) is 11.8 Å². The molecule has 4 nitrogen and oxygen atoms in total. The fraction of sp³-hybridized carbons (Fsp3) is 0.417. The van der Waals surface area contributed by atoms with E-state index in [1.165, 1.54) is 12.8 Å². The highest BCUT2D eigenvalue weighted by Gasteiger charge is 2.19. The highest BCUT2D eigenvalue weighted by molar-refractivity contribution is 6.01. The maximum absolute atomic E-state index is 12.9. The number of nitrogens with one attached hydrogen (secondary N) is 1. The second kappa shape index (κ2) is 12.0. The third-order valence-electron chi connectivity index (χ3n) is 4.98. The SMILES string of the molecule is CCCC[C@@H](CC)CNC(=O)CCC(=O)N(c1ccccc1)c1ccccc1. The molecule has 0 saturated heterocycles. The lowest BCUT2D eigenvalue weighted by Gasteiger charge is -2.23. The Balaban J connectivity index is 1.94. The van der Waals surface area contributed by atoms with Gasteiger partial charge in [0.15, 0.2) is 0 Å². The van der Waals surface area contributed by atoms with Crippen LogP contribution in [0.1, 0.15) is 52.4 Å². The van der Waals surface area contributed by atoms with Crippen LogP contribution in [0.2, 0.25) is 0 Å². The molecule has 0 radical (unpaired) electrons. The van der Waals surface area contributed by atoms with Crippen LogP contribution in [-0.4, -0.2) is 18.4 Å². The van der Waals surface area contributed by atoms with Gasteiger partial charge in [-0.2, -0.15) is 0 Å². The van der Waals surface area contributed by atoms with Crippen LogP contribution >= 0.6 is 0 Å². The molecule has 0 aliphatic rings. The Morgan fingerprint density at radius 2 is 1.46 bits per heavy atom. The Kier molecular flexibility index (Phi) is 9.26. The van der Waals surface area contributed by atoms with E-state index >= 15 is 0 Å². The molecule has 28 heavy (non-hydrogen) atoms. The van der Waals surface area contributed by atoms with E-state index in [0.717, 1.165) is 24.2 Å². The highest BCUT2D eigenvalue weighted by atomic mass is 16.2. The molecule has 0 unspecified atom stereocenters. The molecule has 0 bridgehead atoms. The molecule has 4 heteroatoms. The number of hydrogen-bond acceptors (Lipinski definition) is 2. The molecule has 150 valence electrons. The van der Waals surface area contributed by atoms with Crippen LogP contribution < -0.4 is 10.2 Å². The summed E-state index contributed by atoms with van der Waals surface area (Å²) < 4.78 is 0. The maximum atomic E-state index is 12.9. The lowest BCUT2D eigenvalue weighted by atomic mass is 9.99. The normalized spacial score (nSPS) is 11.6. The summed E-state index contributed by atoms with van der Waals surface area (Å²) in [7, 11) is 0. The zero-order chi connectivity index (χ0) is 20.2. The Morgan fingerprint density at radius 1 is 0.893 bits per heavy atom. The van der Waals surface area contributed by atoms with Crippen molar-refractivity contribution >= 4 is 23.2 Å². The number of nitrogens with zero attached hydrogens (tertiary/aromatic N) is 1. The fourth-order valence-corrected chi connectivity index (χ4v) is 3.21. The van der Waals surface area contributed by atoms with E-state index in [0.29, 0.717) is 12.5 Å². The van der Waals surface area contributed by atoms with Crippen molar-refractivity contribution in [1.82, 2.24) is 5.32 Å². The van der Waals surface area contributed by atoms with Crippen molar-refractivity contribution in [2.45, 2.75) is 52.4 Å². The van der Waals surface area contributed by atoms with Gasteiger partial charge in [-0.05, 0) is 36.6 Å². The van der Waals surface area contributed by atoms with Crippen LogP contribution in [0.15, 0.2) is 60.7 Å². The van der Waals surface area contributed by atoms with Gasteiger partial charge in [-0.1, -0.05) is 69.5 Å². The first-order valence-corrected chi connectivity index (χ1v) is 10.4. The molecule has 0 heterocycles. The van der Waals surface area contributed by atoms with Crippen molar-refractivity contribution < 1.29 is 9.59 Å². The standard InChI is InChI=1S/C24H32N2O2/c1-3-5-12-20(4-2)19-25-23(27)17-18-24(28)26(21-13-8-6-9-14-21)22-15-10-7-11-16-22/h6-11,13-16,20H,3-5,12,17-19H2,1-2H3,(H,25,27)/t20-/m1/s1. The number of rotatable bonds is 11. The highest BCUT2D eigenvalue weighted by Crippen LogP contribution is 2.26. The number of unbranched alkanes of at least 4 members (excludes halogenated alkanes) is 1. The van der Waals surface area contributed by atoms with Gasteiger partial charge in [0.1, 0.15) is 0 Å². The van der Waals surface area contributed by atoms with E-state index in [1.807, 2.05) is 60.7 Å². The summed E-state index contributed by atoms with van der Waals surface area (Å²) in [5, 5.41) is 3.01. The molecule has 2 aromatic rings. The van der Waals surface area contributed by atoms with Crippen molar-refractivity contribution in [1.29, 1.82) is 0 Å². The number of amides is 2. The number of hydrogen-bond donors (Lipinski definition) is 1. The monoisotopic (exact) mass is 380 g/mol. The first-order valence-electron chi connectivity index (χ1n) is 10.4. The Hall–Kier alpha value is -2.62. The van der Waals surface area contributed by atoms with Gasteiger partial charge in [0.25, 0.3) is 0 Å². The minimum absolute atomic E-state index is 0.0515. The van der Waals surface area contributed by atoms with Crippen molar-refractivity contribution in [3.63, 3.8) is 0 Å². The summed E-state index contributed by atoms with van der Waals surface area (Å²) in [4.78, 5) is 26.9. The van der Waals surface area contributed by atoms with Gasteiger partial charge in [0, 0.05) is 30.8 Å². The largest absolute Gasteiger partial charge is 0.356 e. The molecule has 0 fully saturated rings. The summed E-state index contributed by atoms with van der Waals surface area (Å²) >= 11 is 0. The van der Waals surface area contributed by atoms with E-state index in [9.17, 15) is 9.59 Å².